The van der Waals surface area contributed by atoms with Crippen LogP contribution < -0.4 is 4.31 Å². The minimum atomic E-state index is -3.38. The fourth-order valence-corrected chi connectivity index (χ4v) is 4.82. The highest BCUT2D eigenvalue weighted by atomic mass is 32.2. The number of carbonyl (C=O) groups is 1. The normalized spacial score (nSPS) is 16.1. The lowest BCUT2D eigenvalue weighted by molar-refractivity contribution is 0.0961. The van der Waals surface area contributed by atoms with Gasteiger partial charge in [-0.3, -0.25) is 9.10 Å². The number of sulfonamides is 1. The molecule has 0 amide bonds. The number of aromatic nitrogens is 4. The number of halogens is 1. The lowest BCUT2D eigenvalue weighted by Crippen LogP contribution is -2.34. The fraction of sp³-hybridized carbons (Fsp3) is 0.263. The minimum absolute atomic E-state index is 0.132. The van der Waals surface area contributed by atoms with Crippen molar-refractivity contribution >= 4 is 21.5 Å². The molecule has 0 saturated heterocycles. The van der Waals surface area contributed by atoms with Gasteiger partial charge in [0.15, 0.2) is 5.78 Å². The Hall–Kier alpha value is -3.14. The van der Waals surface area contributed by atoms with Crippen LogP contribution in [0, 0.1) is 5.82 Å². The van der Waals surface area contributed by atoms with E-state index in [-0.39, 0.29) is 24.2 Å². The first-order valence-electron chi connectivity index (χ1n) is 8.91. The molecule has 1 atom stereocenters. The lowest BCUT2D eigenvalue weighted by Gasteiger charge is -2.21. The van der Waals surface area contributed by atoms with E-state index in [0.29, 0.717) is 23.2 Å². The molecule has 3 aromatic rings. The number of benzene rings is 2. The quantitative estimate of drug-likeness (QED) is 0.592. The van der Waals surface area contributed by atoms with Gasteiger partial charge < -0.3 is 0 Å². The second-order valence-corrected chi connectivity index (χ2v) is 8.89. The van der Waals surface area contributed by atoms with Crippen LogP contribution in [0.4, 0.5) is 10.1 Å². The summed E-state index contributed by atoms with van der Waals surface area (Å²) in [6, 6.07) is 10.6. The summed E-state index contributed by atoms with van der Waals surface area (Å²) in [5, 5.41) is 11.9. The molecule has 2 heterocycles. The molecule has 1 aliphatic heterocycles. The molecule has 0 radical (unpaired) electrons. The van der Waals surface area contributed by atoms with Crippen molar-refractivity contribution in [2.75, 3.05) is 10.6 Å². The number of anilines is 1. The lowest BCUT2D eigenvalue weighted by atomic mass is 10.0. The van der Waals surface area contributed by atoms with Crippen molar-refractivity contribution in [2.24, 2.45) is 0 Å². The molecule has 8 nitrogen and oxygen atoms in total. The molecule has 2 aromatic carbocycles. The van der Waals surface area contributed by atoms with Gasteiger partial charge in [0.1, 0.15) is 12.4 Å². The third-order valence-electron chi connectivity index (χ3n) is 4.73. The molecule has 0 N–H and O–H groups in total. The Kier molecular flexibility index (Phi) is 4.65. The van der Waals surface area contributed by atoms with E-state index in [9.17, 15) is 17.6 Å². The zero-order valence-electron chi connectivity index (χ0n) is 15.8. The maximum Gasteiger partial charge on any atom is 0.232 e. The number of hydrogen-bond acceptors (Lipinski definition) is 6. The van der Waals surface area contributed by atoms with Gasteiger partial charge in [0.2, 0.25) is 15.8 Å². The molecule has 0 spiro atoms. The number of carbonyl (C=O) groups excluding carboxylic acids is 1. The molecule has 0 bridgehead atoms. The van der Waals surface area contributed by atoms with Crippen molar-refractivity contribution in [3.8, 4) is 11.4 Å². The van der Waals surface area contributed by atoms with Gasteiger partial charge in [-0.05, 0) is 54.5 Å². The van der Waals surface area contributed by atoms with Crippen LogP contribution in [-0.2, 0) is 23.0 Å². The Bertz CT molecular complexity index is 1210. The van der Waals surface area contributed by atoms with Gasteiger partial charge in [0.25, 0.3) is 0 Å². The average Bonchev–Trinajstić information content (AvgIpc) is 3.23. The van der Waals surface area contributed by atoms with Crippen LogP contribution in [0.5, 0.6) is 0 Å². The van der Waals surface area contributed by atoms with E-state index >= 15 is 0 Å². The third kappa shape index (κ3) is 3.75. The van der Waals surface area contributed by atoms with E-state index in [2.05, 4.69) is 15.4 Å². The number of nitrogens with zero attached hydrogens (tertiary/aromatic N) is 5. The Morgan fingerprint density at radius 1 is 1.24 bits per heavy atom. The predicted molar refractivity (Wildman–Crippen MR) is 104 cm³/mol. The Morgan fingerprint density at radius 3 is 2.76 bits per heavy atom. The van der Waals surface area contributed by atoms with Crippen molar-refractivity contribution in [2.45, 2.75) is 25.9 Å². The van der Waals surface area contributed by atoms with E-state index in [4.69, 9.17) is 0 Å². The van der Waals surface area contributed by atoms with Crippen LogP contribution in [0.25, 0.3) is 11.4 Å². The topological polar surface area (TPSA) is 98.1 Å². The molecule has 1 aliphatic rings. The summed E-state index contributed by atoms with van der Waals surface area (Å²) in [6.45, 7) is 1.70. The first kappa shape index (κ1) is 19.2. The van der Waals surface area contributed by atoms with Crippen molar-refractivity contribution in [1.82, 2.24) is 20.2 Å². The monoisotopic (exact) mass is 415 g/mol. The summed E-state index contributed by atoms with van der Waals surface area (Å²) in [5.74, 6) is -0.421. The van der Waals surface area contributed by atoms with E-state index < -0.39 is 15.8 Å². The zero-order valence-corrected chi connectivity index (χ0v) is 16.6. The maximum absolute atomic E-state index is 13.4. The summed E-state index contributed by atoms with van der Waals surface area (Å²) in [6.07, 6.45) is 1.71. The second kappa shape index (κ2) is 7.03. The van der Waals surface area contributed by atoms with Crippen LogP contribution >= 0.6 is 0 Å². The standard InChI is InChI=1S/C19H18FN5O3S/c1-12-8-15-9-13(6-7-17(15)25(12)29(2,27)28)18(26)11-24-22-19(21-23-24)14-4-3-5-16(20)10-14/h3-7,9-10,12H,8,11H2,1-2H3/t12-/m0/s1. The van der Waals surface area contributed by atoms with Gasteiger partial charge >= 0.3 is 0 Å². The highest BCUT2D eigenvalue weighted by molar-refractivity contribution is 7.92. The number of rotatable bonds is 5. The first-order chi connectivity index (χ1) is 13.7. The van der Waals surface area contributed by atoms with E-state index in [1.54, 1.807) is 30.3 Å². The highest BCUT2D eigenvalue weighted by Gasteiger charge is 2.32. The SMILES string of the molecule is C[C@H]1Cc2cc(C(=O)Cn3nnc(-c4cccc(F)c4)n3)ccc2N1S(C)(=O)=O. The molecular weight excluding hydrogens is 397 g/mol. The maximum atomic E-state index is 13.4. The van der Waals surface area contributed by atoms with Gasteiger partial charge in [-0.2, -0.15) is 4.80 Å². The van der Waals surface area contributed by atoms with Crippen molar-refractivity contribution in [3.05, 3.63) is 59.4 Å². The van der Waals surface area contributed by atoms with Crippen molar-refractivity contribution in [3.63, 3.8) is 0 Å². The summed E-state index contributed by atoms with van der Waals surface area (Å²) in [7, 11) is -3.38. The third-order valence-corrected chi connectivity index (χ3v) is 6.00. The highest BCUT2D eigenvalue weighted by Crippen LogP contribution is 2.34. The first-order valence-corrected chi connectivity index (χ1v) is 10.8. The summed E-state index contributed by atoms with van der Waals surface area (Å²) < 4.78 is 38.8. The van der Waals surface area contributed by atoms with Crippen LogP contribution in [0.1, 0.15) is 22.8 Å². The summed E-state index contributed by atoms with van der Waals surface area (Å²) >= 11 is 0. The van der Waals surface area contributed by atoms with Gasteiger partial charge in [-0.1, -0.05) is 12.1 Å². The molecule has 29 heavy (non-hydrogen) atoms. The number of fused-ring (bicyclic) bond motifs is 1. The Labute approximate surface area is 167 Å². The molecule has 150 valence electrons. The van der Waals surface area contributed by atoms with Gasteiger partial charge in [-0.25, -0.2) is 12.8 Å². The second-order valence-electron chi connectivity index (χ2n) is 7.03. The molecule has 0 unspecified atom stereocenters. The van der Waals surface area contributed by atoms with Crippen molar-refractivity contribution < 1.29 is 17.6 Å². The molecule has 0 saturated carbocycles. The number of ketones is 1. The van der Waals surface area contributed by atoms with Crippen LogP contribution in [0.2, 0.25) is 0 Å². The largest absolute Gasteiger partial charge is 0.292 e. The fourth-order valence-electron chi connectivity index (χ4n) is 3.55. The molecule has 0 fully saturated rings. The summed E-state index contributed by atoms with van der Waals surface area (Å²) in [5.41, 5.74) is 2.32. The van der Waals surface area contributed by atoms with E-state index in [0.717, 1.165) is 10.4 Å². The molecule has 10 heteroatoms. The summed E-state index contributed by atoms with van der Waals surface area (Å²) in [4.78, 5) is 13.8. The van der Waals surface area contributed by atoms with Crippen LogP contribution in [0.15, 0.2) is 42.5 Å². The number of Topliss-reactive ketones (excluding diaryl/α,β-unsaturated/α-hetero) is 1. The number of hydrogen-bond donors (Lipinski definition) is 0. The smallest absolute Gasteiger partial charge is 0.232 e. The van der Waals surface area contributed by atoms with E-state index in [1.165, 1.54) is 22.7 Å². The van der Waals surface area contributed by atoms with Crippen LogP contribution in [-0.4, -0.2) is 46.7 Å². The van der Waals surface area contributed by atoms with Gasteiger partial charge in [-0.15, -0.1) is 10.2 Å². The molecule has 1 aromatic heterocycles. The average molecular weight is 415 g/mol. The van der Waals surface area contributed by atoms with Crippen molar-refractivity contribution in [1.29, 1.82) is 0 Å². The molecule has 4 rings (SSSR count). The minimum Gasteiger partial charge on any atom is -0.292 e. The molecule has 0 aliphatic carbocycles. The predicted octanol–water partition coefficient (Wildman–Crippen LogP) is 2.07. The zero-order chi connectivity index (χ0) is 20.8. The van der Waals surface area contributed by atoms with Gasteiger partial charge in [0.05, 0.1) is 11.9 Å². The number of tetrazole rings is 1. The Balaban J connectivity index is 1.54. The van der Waals surface area contributed by atoms with E-state index in [1.807, 2.05) is 6.92 Å². The van der Waals surface area contributed by atoms with Gasteiger partial charge in [0, 0.05) is 17.2 Å². The molecular formula is C19H18FN5O3S. The van der Waals surface area contributed by atoms with Crippen LogP contribution in [0.3, 0.4) is 0 Å². The Morgan fingerprint density at radius 2 is 2.03 bits per heavy atom.